The van der Waals surface area contributed by atoms with Gasteiger partial charge < -0.3 is 19.1 Å². The molecule has 0 radical (unpaired) electrons. The minimum Gasteiger partial charge on any atom is -0.365 e. The Morgan fingerprint density at radius 3 is 2.90 bits per heavy atom. The molecule has 7 heteroatoms. The average molecular weight is 394 g/mol. The van der Waals surface area contributed by atoms with Gasteiger partial charge in [-0.1, -0.05) is 35.5 Å². The Labute approximate surface area is 170 Å². The highest BCUT2D eigenvalue weighted by Crippen LogP contribution is 2.31. The van der Waals surface area contributed by atoms with Gasteiger partial charge in [-0.05, 0) is 26.2 Å². The number of imidazole rings is 1. The predicted octanol–water partition coefficient (Wildman–Crippen LogP) is 3.14. The van der Waals surface area contributed by atoms with Gasteiger partial charge in [0.15, 0.2) is 5.60 Å². The van der Waals surface area contributed by atoms with Crippen molar-refractivity contribution in [1.29, 1.82) is 0 Å². The van der Waals surface area contributed by atoms with E-state index in [1.807, 2.05) is 49.5 Å². The molecule has 1 saturated heterocycles. The molecule has 3 heterocycles. The van der Waals surface area contributed by atoms with Gasteiger partial charge in [-0.25, -0.2) is 4.98 Å². The van der Waals surface area contributed by atoms with Gasteiger partial charge in [0.2, 0.25) is 0 Å². The van der Waals surface area contributed by atoms with Crippen LogP contribution >= 0.6 is 0 Å². The number of rotatable bonds is 8. The molecule has 0 aliphatic carbocycles. The molecule has 4 rings (SSSR count). The van der Waals surface area contributed by atoms with Crippen LogP contribution in [0.25, 0.3) is 11.3 Å². The predicted molar refractivity (Wildman–Crippen MR) is 108 cm³/mol. The smallest absolute Gasteiger partial charge is 0.252 e. The van der Waals surface area contributed by atoms with Crippen molar-refractivity contribution in [3.8, 4) is 11.3 Å². The zero-order valence-corrected chi connectivity index (χ0v) is 16.6. The number of amides is 1. The third-order valence-corrected chi connectivity index (χ3v) is 5.39. The van der Waals surface area contributed by atoms with Gasteiger partial charge >= 0.3 is 0 Å². The summed E-state index contributed by atoms with van der Waals surface area (Å²) in [5.74, 6) is 1.57. The van der Waals surface area contributed by atoms with E-state index < -0.39 is 5.60 Å². The molecule has 1 aliphatic heterocycles. The second-order valence-electron chi connectivity index (χ2n) is 7.44. The monoisotopic (exact) mass is 394 g/mol. The first-order chi connectivity index (χ1) is 14.2. The second-order valence-corrected chi connectivity index (χ2v) is 7.44. The van der Waals surface area contributed by atoms with E-state index >= 15 is 0 Å². The van der Waals surface area contributed by atoms with Crippen LogP contribution in [-0.4, -0.2) is 39.4 Å². The van der Waals surface area contributed by atoms with Crippen LogP contribution in [0.1, 0.15) is 30.8 Å². The van der Waals surface area contributed by atoms with Crippen molar-refractivity contribution in [2.75, 3.05) is 13.2 Å². The highest BCUT2D eigenvalue weighted by Gasteiger charge is 2.43. The number of ether oxygens (including phenoxy) is 1. The van der Waals surface area contributed by atoms with Gasteiger partial charge in [0, 0.05) is 50.1 Å². The lowest BCUT2D eigenvalue weighted by atomic mass is 9.93. The molecule has 1 aliphatic rings. The summed E-state index contributed by atoms with van der Waals surface area (Å²) in [6.07, 6.45) is 6.50. The van der Waals surface area contributed by atoms with Crippen molar-refractivity contribution in [3.63, 3.8) is 0 Å². The Hall–Kier alpha value is -2.93. The summed E-state index contributed by atoms with van der Waals surface area (Å²) in [4.78, 5) is 17.2. The van der Waals surface area contributed by atoms with Crippen molar-refractivity contribution >= 4 is 5.91 Å². The lowest BCUT2D eigenvalue weighted by Crippen LogP contribution is -2.48. The Morgan fingerprint density at radius 2 is 2.17 bits per heavy atom. The molecule has 2 aromatic heterocycles. The number of aryl methyl sites for hydroxylation is 2. The summed E-state index contributed by atoms with van der Waals surface area (Å²) < 4.78 is 13.5. The first-order valence-electron chi connectivity index (χ1n) is 10.1. The first-order valence-corrected chi connectivity index (χ1v) is 10.1. The number of carbonyl (C=O) groups excluding carboxylic acids is 1. The zero-order chi connectivity index (χ0) is 20.1. The van der Waals surface area contributed by atoms with Gasteiger partial charge in [-0.2, -0.15) is 0 Å². The van der Waals surface area contributed by atoms with E-state index in [1.54, 1.807) is 6.20 Å². The topological polar surface area (TPSA) is 82.2 Å². The fourth-order valence-electron chi connectivity index (χ4n) is 3.77. The number of benzene rings is 1. The second kappa shape index (κ2) is 8.61. The molecule has 3 aromatic rings. The molecule has 1 aromatic carbocycles. The third kappa shape index (κ3) is 4.40. The molecule has 1 fully saturated rings. The number of nitrogens with one attached hydrogen (secondary N) is 1. The van der Waals surface area contributed by atoms with Gasteiger partial charge in [0.25, 0.3) is 5.91 Å². The maximum absolute atomic E-state index is 13.0. The van der Waals surface area contributed by atoms with E-state index in [0.717, 1.165) is 36.5 Å². The van der Waals surface area contributed by atoms with E-state index in [9.17, 15) is 4.79 Å². The Morgan fingerprint density at radius 1 is 1.31 bits per heavy atom. The summed E-state index contributed by atoms with van der Waals surface area (Å²) >= 11 is 0. The SMILES string of the molecule is Cc1nccn1CCCNC(=O)[C@]1(Cc2cc(-c3ccccc3)no2)CCCO1. The maximum Gasteiger partial charge on any atom is 0.252 e. The summed E-state index contributed by atoms with van der Waals surface area (Å²) in [5.41, 5.74) is 0.881. The normalized spacial score (nSPS) is 18.8. The average Bonchev–Trinajstić information content (AvgIpc) is 3.49. The van der Waals surface area contributed by atoms with Crippen LogP contribution in [0.3, 0.4) is 0 Å². The molecular formula is C22H26N4O3. The van der Waals surface area contributed by atoms with Crippen molar-refractivity contribution in [3.05, 3.63) is 60.4 Å². The van der Waals surface area contributed by atoms with Gasteiger partial charge in [0.05, 0.1) is 0 Å². The maximum atomic E-state index is 13.0. The quantitative estimate of drug-likeness (QED) is 0.594. The third-order valence-electron chi connectivity index (χ3n) is 5.39. The van der Waals surface area contributed by atoms with Crippen LogP contribution in [0, 0.1) is 6.92 Å². The summed E-state index contributed by atoms with van der Waals surface area (Å²) in [6.45, 7) is 3.97. The molecule has 29 heavy (non-hydrogen) atoms. The number of hydrogen-bond acceptors (Lipinski definition) is 5. The van der Waals surface area contributed by atoms with Crippen LogP contribution in [0.4, 0.5) is 0 Å². The number of carbonyl (C=O) groups is 1. The minimum absolute atomic E-state index is 0.0741. The van der Waals surface area contributed by atoms with Gasteiger partial charge in [-0.3, -0.25) is 4.79 Å². The Kier molecular flexibility index (Phi) is 5.76. The summed E-state index contributed by atoms with van der Waals surface area (Å²) in [7, 11) is 0. The standard InChI is InChI=1S/C22H26N4O3/c1-17-23-11-13-26(17)12-6-10-24-21(27)22(9-5-14-28-22)16-19-15-20(25-29-19)18-7-3-2-4-8-18/h2-4,7-8,11,13,15H,5-6,9-10,12,14,16H2,1H3,(H,24,27)/t22-/m1/s1. The molecule has 152 valence electrons. The molecule has 0 spiro atoms. The fraction of sp³-hybridized carbons (Fsp3) is 0.409. The summed E-state index contributed by atoms with van der Waals surface area (Å²) in [5, 5.41) is 7.21. The van der Waals surface area contributed by atoms with Crippen LogP contribution in [0.2, 0.25) is 0 Å². The number of aromatic nitrogens is 3. The van der Waals surface area contributed by atoms with Crippen LogP contribution in [0.15, 0.2) is 53.3 Å². The minimum atomic E-state index is -0.877. The highest BCUT2D eigenvalue weighted by molar-refractivity contribution is 5.85. The lowest BCUT2D eigenvalue weighted by molar-refractivity contribution is -0.141. The highest BCUT2D eigenvalue weighted by atomic mass is 16.5. The van der Waals surface area contributed by atoms with Crippen molar-refractivity contribution in [2.45, 2.75) is 44.8 Å². The van der Waals surface area contributed by atoms with E-state index in [-0.39, 0.29) is 5.91 Å². The summed E-state index contributed by atoms with van der Waals surface area (Å²) in [6, 6.07) is 11.8. The van der Waals surface area contributed by atoms with E-state index in [0.29, 0.717) is 31.8 Å². The fourth-order valence-corrected chi connectivity index (χ4v) is 3.77. The largest absolute Gasteiger partial charge is 0.365 e. The molecular weight excluding hydrogens is 368 g/mol. The Bertz CT molecular complexity index is 942. The van der Waals surface area contributed by atoms with Crippen molar-refractivity contribution in [1.82, 2.24) is 20.0 Å². The molecule has 7 nitrogen and oxygen atoms in total. The molecule has 1 amide bonds. The molecule has 1 atom stereocenters. The van der Waals surface area contributed by atoms with Crippen LogP contribution in [0.5, 0.6) is 0 Å². The van der Waals surface area contributed by atoms with Crippen molar-refractivity contribution < 1.29 is 14.1 Å². The number of nitrogens with zero attached hydrogens (tertiary/aromatic N) is 3. The molecule has 0 saturated carbocycles. The van der Waals surface area contributed by atoms with Crippen LogP contribution < -0.4 is 5.32 Å². The van der Waals surface area contributed by atoms with E-state index in [1.165, 1.54) is 0 Å². The van der Waals surface area contributed by atoms with E-state index in [2.05, 4.69) is 20.0 Å². The lowest BCUT2D eigenvalue weighted by Gasteiger charge is -2.26. The Balaban J connectivity index is 1.36. The van der Waals surface area contributed by atoms with E-state index in [4.69, 9.17) is 9.26 Å². The molecule has 1 N–H and O–H groups in total. The zero-order valence-electron chi connectivity index (χ0n) is 16.6. The van der Waals surface area contributed by atoms with Crippen LogP contribution in [-0.2, 0) is 22.5 Å². The van der Waals surface area contributed by atoms with Gasteiger partial charge in [0.1, 0.15) is 17.3 Å². The van der Waals surface area contributed by atoms with Gasteiger partial charge in [-0.15, -0.1) is 0 Å². The molecule has 0 bridgehead atoms. The van der Waals surface area contributed by atoms with Crippen molar-refractivity contribution in [2.24, 2.45) is 0 Å². The number of hydrogen-bond donors (Lipinski definition) is 1. The molecule has 0 unspecified atom stereocenters. The first kappa shape index (κ1) is 19.4.